The van der Waals surface area contributed by atoms with Crippen LogP contribution in [0, 0.1) is 6.92 Å². The third-order valence-corrected chi connectivity index (χ3v) is 4.87. The van der Waals surface area contributed by atoms with Crippen LogP contribution in [0.3, 0.4) is 0 Å². The number of carbonyl (C=O) groups is 1. The fourth-order valence-electron chi connectivity index (χ4n) is 3.43. The summed E-state index contributed by atoms with van der Waals surface area (Å²) >= 11 is 0. The molecule has 4 rings (SSSR count). The van der Waals surface area contributed by atoms with Crippen molar-refractivity contribution in [1.29, 1.82) is 0 Å². The largest absolute Gasteiger partial charge is 0.453 e. The van der Waals surface area contributed by atoms with Crippen LogP contribution in [0.2, 0.25) is 0 Å². The zero-order valence-electron chi connectivity index (χ0n) is 16.5. The molecule has 0 fully saturated rings. The van der Waals surface area contributed by atoms with E-state index in [9.17, 15) is 18.0 Å². The van der Waals surface area contributed by atoms with Gasteiger partial charge in [-0.1, -0.05) is 6.07 Å². The predicted molar refractivity (Wildman–Crippen MR) is 107 cm³/mol. The van der Waals surface area contributed by atoms with Crippen LogP contribution < -0.4 is 10.2 Å². The molecule has 0 saturated heterocycles. The maximum atomic E-state index is 12.9. The van der Waals surface area contributed by atoms with Crippen molar-refractivity contribution in [3.63, 3.8) is 0 Å². The molecule has 1 aliphatic rings. The first-order valence-corrected chi connectivity index (χ1v) is 9.57. The van der Waals surface area contributed by atoms with Crippen molar-refractivity contribution < 1.29 is 27.1 Å². The Morgan fingerprint density at radius 3 is 2.81 bits per heavy atom. The maximum Gasteiger partial charge on any atom is 0.416 e. The van der Waals surface area contributed by atoms with Crippen LogP contribution in [0.1, 0.15) is 45.8 Å². The predicted octanol–water partition coefficient (Wildman–Crippen LogP) is 5.37. The molecule has 0 spiro atoms. The highest BCUT2D eigenvalue weighted by molar-refractivity contribution is 6.06. The standard InChI is InChI=1S/C22H18F3N3O3/c1-13-19-17(28-27-15-6-2-5-14(11-15)22(23,24)25)8-3-9-18(19)31-20(13)21(29)30-16-7-4-10-26-12-16/h2,4-7,10-12,27H,3,8-9H2,1H3/b28-17+. The molecule has 1 N–H and O–H groups in total. The number of aromatic nitrogens is 1. The number of ether oxygens (including phenoxy) is 1. The molecule has 0 aliphatic heterocycles. The van der Waals surface area contributed by atoms with Crippen molar-refractivity contribution in [2.45, 2.75) is 32.4 Å². The number of hydrazone groups is 1. The zero-order valence-corrected chi connectivity index (χ0v) is 16.5. The lowest BCUT2D eigenvalue weighted by Gasteiger charge is -2.14. The van der Waals surface area contributed by atoms with Gasteiger partial charge in [0.15, 0.2) is 0 Å². The molecule has 160 valence electrons. The molecule has 0 radical (unpaired) electrons. The number of carbonyl (C=O) groups excluding carboxylic acids is 1. The number of nitrogens with zero attached hydrogens (tertiary/aromatic N) is 2. The molecule has 31 heavy (non-hydrogen) atoms. The van der Waals surface area contributed by atoms with E-state index >= 15 is 0 Å². The number of fused-ring (bicyclic) bond motifs is 1. The maximum absolute atomic E-state index is 12.9. The van der Waals surface area contributed by atoms with E-state index in [-0.39, 0.29) is 11.4 Å². The van der Waals surface area contributed by atoms with Crippen molar-refractivity contribution >= 4 is 17.4 Å². The van der Waals surface area contributed by atoms with Gasteiger partial charge in [-0.3, -0.25) is 10.4 Å². The summed E-state index contributed by atoms with van der Waals surface area (Å²) in [5, 5.41) is 4.31. The van der Waals surface area contributed by atoms with Gasteiger partial charge in [-0.15, -0.1) is 0 Å². The van der Waals surface area contributed by atoms with Gasteiger partial charge in [-0.2, -0.15) is 18.3 Å². The summed E-state index contributed by atoms with van der Waals surface area (Å²) < 4.78 is 49.8. The lowest BCUT2D eigenvalue weighted by atomic mass is 9.93. The quantitative estimate of drug-likeness (QED) is 0.446. The highest BCUT2D eigenvalue weighted by Gasteiger charge is 2.31. The summed E-state index contributed by atoms with van der Waals surface area (Å²) in [6, 6.07) is 8.06. The molecule has 9 heteroatoms. The van der Waals surface area contributed by atoms with E-state index in [1.165, 1.54) is 18.3 Å². The van der Waals surface area contributed by atoms with Crippen molar-refractivity contribution in [1.82, 2.24) is 4.98 Å². The number of benzene rings is 1. The lowest BCUT2D eigenvalue weighted by molar-refractivity contribution is -0.137. The number of halogens is 3. The topological polar surface area (TPSA) is 76.7 Å². The van der Waals surface area contributed by atoms with Crippen molar-refractivity contribution in [2.24, 2.45) is 5.10 Å². The Kier molecular flexibility index (Phi) is 5.50. The van der Waals surface area contributed by atoms with E-state index in [0.717, 1.165) is 18.6 Å². The summed E-state index contributed by atoms with van der Waals surface area (Å²) in [6.45, 7) is 1.73. The number of hydrogen-bond acceptors (Lipinski definition) is 6. The molecule has 1 aliphatic carbocycles. The van der Waals surface area contributed by atoms with Gasteiger partial charge in [0.2, 0.25) is 5.76 Å². The number of hydrogen-bond donors (Lipinski definition) is 1. The molecule has 0 unspecified atom stereocenters. The van der Waals surface area contributed by atoms with E-state index in [4.69, 9.17) is 9.15 Å². The smallest absolute Gasteiger partial charge is 0.416 e. The minimum absolute atomic E-state index is 0.0718. The molecule has 0 bridgehead atoms. The van der Waals surface area contributed by atoms with Crippen LogP contribution in [-0.4, -0.2) is 16.7 Å². The van der Waals surface area contributed by atoms with E-state index in [0.29, 0.717) is 41.2 Å². The Morgan fingerprint density at radius 1 is 1.23 bits per heavy atom. The van der Waals surface area contributed by atoms with E-state index in [1.54, 1.807) is 25.3 Å². The Balaban J connectivity index is 1.59. The number of nitrogens with one attached hydrogen (secondary N) is 1. The molecule has 0 atom stereocenters. The second kappa shape index (κ2) is 8.25. The first-order chi connectivity index (χ1) is 14.8. The van der Waals surface area contributed by atoms with E-state index < -0.39 is 17.7 Å². The van der Waals surface area contributed by atoms with Crippen LogP contribution in [0.25, 0.3) is 0 Å². The van der Waals surface area contributed by atoms with E-state index in [2.05, 4.69) is 15.5 Å². The first kappa shape index (κ1) is 20.6. The highest BCUT2D eigenvalue weighted by Crippen LogP contribution is 2.32. The number of furan rings is 1. The van der Waals surface area contributed by atoms with Crippen LogP contribution in [0.5, 0.6) is 5.75 Å². The Morgan fingerprint density at radius 2 is 2.06 bits per heavy atom. The van der Waals surface area contributed by atoms with Gasteiger partial charge in [0, 0.05) is 23.7 Å². The van der Waals surface area contributed by atoms with Crippen LogP contribution in [-0.2, 0) is 12.6 Å². The summed E-state index contributed by atoms with van der Waals surface area (Å²) in [4.78, 5) is 16.5. The Bertz CT molecular complexity index is 1140. The highest BCUT2D eigenvalue weighted by atomic mass is 19.4. The number of anilines is 1. The average molecular weight is 429 g/mol. The summed E-state index contributed by atoms with van der Waals surface area (Å²) in [5.41, 5.74) is 4.02. The average Bonchev–Trinajstić information content (AvgIpc) is 3.10. The van der Waals surface area contributed by atoms with Crippen molar-refractivity contribution in [2.75, 3.05) is 5.43 Å². The molecule has 3 aromatic rings. The molecular weight excluding hydrogens is 411 g/mol. The number of pyridine rings is 1. The van der Waals surface area contributed by atoms with Gasteiger partial charge in [-0.25, -0.2) is 4.79 Å². The summed E-state index contributed by atoms with van der Waals surface area (Å²) in [5.74, 6) is 0.320. The van der Waals surface area contributed by atoms with Crippen LogP contribution in [0.15, 0.2) is 58.3 Å². The van der Waals surface area contributed by atoms with Crippen molar-refractivity contribution in [3.05, 3.63) is 77.0 Å². The van der Waals surface area contributed by atoms with Gasteiger partial charge in [0.25, 0.3) is 0 Å². The van der Waals surface area contributed by atoms with Gasteiger partial charge >= 0.3 is 12.1 Å². The number of esters is 1. The van der Waals surface area contributed by atoms with Crippen LogP contribution in [0.4, 0.5) is 18.9 Å². The minimum atomic E-state index is -4.44. The molecule has 2 heterocycles. The number of rotatable bonds is 4. The lowest BCUT2D eigenvalue weighted by Crippen LogP contribution is -2.14. The molecule has 6 nitrogen and oxygen atoms in total. The fraction of sp³-hybridized carbons (Fsp3) is 0.227. The van der Waals surface area contributed by atoms with Gasteiger partial charge in [-0.05, 0) is 50.1 Å². The zero-order chi connectivity index (χ0) is 22.0. The molecule has 0 amide bonds. The summed E-state index contributed by atoms with van der Waals surface area (Å²) in [6.07, 6.45) is 0.499. The second-order valence-electron chi connectivity index (χ2n) is 7.04. The minimum Gasteiger partial charge on any atom is -0.453 e. The SMILES string of the molecule is Cc1c(C(=O)Oc2cccnc2)oc2c1/C(=N/Nc1cccc(C(F)(F)F)c1)CCC2. The molecular formula is C22H18F3N3O3. The van der Waals surface area contributed by atoms with Gasteiger partial charge < -0.3 is 9.15 Å². The monoisotopic (exact) mass is 429 g/mol. The van der Waals surface area contributed by atoms with Crippen molar-refractivity contribution in [3.8, 4) is 5.75 Å². The van der Waals surface area contributed by atoms with Gasteiger partial charge in [0.1, 0.15) is 11.5 Å². The third-order valence-electron chi connectivity index (χ3n) is 4.87. The third kappa shape index (κ3) is 4.45. The molecule has 2 aromatic heterocycles. The first-order valence-electron chi connectivity index (χ1n) is 9.57. The Hall–Kier alpha value is -3.62. The second-order valence-corrected chi connectivity index (χ2v) is 7.04. The van der Waals surface area contributed by atoms with Crippen LogP contribution >= 0.6 is 0 Å². The van der Waals surface area contributed by atoms with Gasteiger partial charge in [0.05, 0.1) is 23.2 Å². The number of aryl methyl sites for hydroxylation is 1. The molecule has 0 saturated carbocycles. The summed E-state index contributed by atoms with van der Waals surface area (Å²) in [7, 11) is 0. The Labute approximate surface area is 175 Å². The fourth-order valence-corrected chi connectivity index (χ4v) is 3.43. The number of alkyl halides is 3. The molecule has 1 aromatic carbocycles. The normalized spacial score (nSPS) is 14.9. The van der Waals surface area contributed by atoms with E-state index in [1.807, 2.05) is 0 Å².